The van der Waals surface area contributed by atoms with E-state index in [2.05, 4.69) is 20.8 Å². The van der Waals surface area contributed by atoms with Crippen molar-refractivity contribution in [3.05, 3.63) is 0 Å². The Balaban J connectivity index is 1.76. The Labute approximate surface area is 156 Å². The van der Waals surface area contributed by atoms with Gasteiger partial charge in [-0.25, -0.2) is 0 Å². The number of carbonyl (C=O) groups is 1. The van der Waals surface area contributed by atoms with Gasteiger partial charge in [-0.2, -0.15) is 0 Å². The van der Waals surface area contributed by atoms with Gasteiger partial charge in [0.25, 0.3) is 0 Å². The molecule has 0 aromatic heterocycles. The van der Waals surface area contributed by atoms with E-state index in [4.69, 9.17) is 14.2 Å². The number of rotatable bonds is 1. The molecular formula is C21H34O5. The van der Waals surface area contributed by atoms with Gasteiger partial charge < -0.3 is 19.3 Å². The Morgan fingerprint density at radius 1 is 1.15 bits per heavy atom. The standard InChI is InChI=1S/C21H34O5/c1-13-15(22)16(23)17-18(2,3)7-6-8-19(17,4)21(13)10-9-20(26-21)11-14(24-5)25-12-20/h13-15,17,22H,6-12H2,1-5H3. The van der Waals surface area contributed by atoms with Crippen LogP contribution in [0.15, 0.2) is 0 Å². The van der Waals surface area contributed by atoms with Gasteiger partial charge in [0, 0.05) is 30.8 Å². The van der Waals surface area contributed by atoms with Crippen molar-refractivity contribution in [2.24, 2.45) is 22.7 Å². The summed E-state index contributed by atoms with van der Waals surface area (Å²) in [5.41, 5.74) is -1.18. The Hall–Kier alpha value is -0.490. The zero-order chi connectivity index (χ0) is 19.0. The minimum atomic E-state index is -0.943. The monoisotopic (exact) mass is 366 g/mol. The van der Waals surface area contributed by atoms with Crippen molar-refractivity contribution >= 4 is 5.78 Å². The predicted molar refractivity (Wildman–Crippen MR) is 96.6 cm³/mol. The summed E-state index contributed by atoms with van der Waals surface area (Å²) in [5.74, 6) is -0.339. The fourth-order valence-corrected chi connectivity index (χ4v) is 7.10. The first-order valence-electron chi connectivity index (χ1n) is 10.2. The maximum Gasteiger partial charge on any atom is 0.165 e. The van der Waals surface area contributed by atoms with Gasteiger partial charge in [-0.15, -0.1) is 0 Å². The van der Waals surface area contributed by atoms with Crippen LogP contribution in [0.2, 0.25) is 0 Å². The summed E-state index contributed by atoms with van der Waals surface area (Å²) in [4.78, 5) is 13.2. The third-order valence-electron chi connectivity index (χ3n) is 8.37. The first-order valence-corrected chi connectivity index (χ1v) is 10.2. The summed E-state index contributed by atoms with van der Waals surface area (Å²) >= 11 is 0. The first kappa shape index (κ1) is 18.9. The average Bonchev–Trinajstić information content (AvgIpc) is 3.16. The number of ether oxygens (including phenoxy) is 3. The molecule has 2 heterocycles. The topological polar surface area (TPSA) is 65.0 Å². The fourth-order valence-electron chi connectivity index (χ4n) is 7.10. The predicted octanol–water partition coefficient (Wildman–Crippen LogP) is 3.08. The smallest absolute Gasteiger partial charge is 0.165 e. The molecule has 7 unspecified atom stereocenters. The number of ketones is 1. The third-order valence-corrected chi connectivity index (χ3v) is 8.37. The van der Waals surface area contributed by atoms with Gasteiger partial charge >= 0.3 is 0 Å². The number of hydrogen-bond donors (Lipinski definition) is 1. The zero-order valence-corrected chi connectivity index (χ0v) is 16.8. The van der Waals surface area contributed by atoms with Gasteiger partial charge in [-0.1, -0.05) is 34.1 Å². The second-order valence-electron chi connectivity index (χ2n) is 10.2. The molecule has 4 fully saturated rings. The molecule has 5 nitrogen and oxygen atoms in total. The van der Waals surface area contributed by atoms with Crippen LogP contribution in [0, 0.1) is 22.7 Å². The minimum Gasteiger partial charge on any atom is -0.385 e. The molecule has 0 amide bonds. The quantitative estimate of drug-likeness (QED) is 0.773. The molecule has 0 radical (unpaired) electrons. The highest BCUT2D eigenvalue weighted by Crippen LogP contribution is 2.67. The van der Waals surface area contributed by atoms with Crippen molar-refractivity contribution in [1.29, 1.82) is 0 Å². The van der Waals surface area contributed by atoms with E-state index in [1.807, 2.05) is 6.92 Å². The van der Waals surface area contributed by atoms with Crippen molar-refractivity contribution in [2.45, 2.75) is 89.8 Å². The largest absolute Gasteiger partial charge is 0.385 e. The Morgan fingerprint density at radius 3 is 2.54 bits per heavy atom. The summed E-state index contributed by atoms with van der Waals surface area (Å²) in [6.45, 7) is 9.17. The molecular weight excluding hydrogens is 332 g/mol. The number of aliphatic hydroxyl groups is 1. The SMILES string of the molecule is COC1CC2(CCC3(O2)C(C)C(O)C(=O)C2C(C)(C)CCCC23C)CO1. The van der Waals surface area contributed by atoms with E-state index >= 15 is 0 Å². The Bertz CT molecular complexity index is 603. The van der Waals surface area contributed by atoms with E-state index in [9.17, 15) is 9.90 Å². The summed E-state index contributed by atoms with van der Waals surface area (Å²) in [6.07, 6.45) is 4.45. The second kappa shape index (κ2) is 5.76. The molecule has 0 bridgehead atoms. The minimum absolute atomic E-state index is 0.0253. The van der Waals surface area contributed by atoms with Gasteiger partial charge in [-0.3, -0.25) is 4.79 Å². The molecule has 4 rings (SSSR count). The van der Waals surface area contributed by atoms with Gasteiger partial charge in [0.1, 0.15) is 6.10 Å². The summed E-state index contributed by atoms with van der Waals surface area (Å²) in [5, 5.41) is 10.9. The van der Waals surface area contributed by atoms with Crippen LogP contribution >= 0.6 is 0 Å². The number of carbonyl (C=O) groups excluding carboxylic acids is 1. The van der Waals surface area contributed by atoms with E-state index < -0.39 is 11.7 Å². The highest BCUT2D eigenvalue weighted by Gasteiger charge is 2.72. The molecule has 2 aliphatic heterocycles. The average molecular weight is 366 g/mol. The molecule has 7 atom stereocenters. The normalized spacial score (nSPS) is 53.4. The molecule has 5 heteroatoms. The van der Waals surface area contributed by atoms with Gasteiger partial charge in [0.15, 0.2) is 12.1 Å². The lowest BCUT2D eigenvalue weighted by Crippen LogP contribution is -2.69. The van der Waals surface area contributed by atoms with Crippen molar-refractivity contribution < 1.29 is 24.1 Å². The van der Waals surface area contributed by atoms with Crippen LogP contribution in [0.5, 0.6) is 0 Å². The van der Waals surface area contributed by atoms with Crippen LogP contribution in [-0.2, 0) is 19.0 Å². The molecule has 26 heavy (non-hydrogen) atoms. The lowest BCUT2D eigenvalue weighted by Gasteiger charge is -2.63. The molecule has 4 aliphatic rings. The molecule has 2 saturated heterocycles. The van der Waals surface area contributed by atoms with E-state index in [1.54, 1.807) is 7.11 Å². The van der Waals surface area contributed by atoms with Crippen LogP contribution in [-0.4, -0.2) is 48.2 Å². The highest BCUT2D eigenvalue weighted by molar-refractivity contribution is 5.88. The van der Waals surface area contributed by atoms with E-state index in [0.717, 1.165) is 38.5 Å². The van der Waals surface area contributed by atoms with Crippen LogP contribution in [0.25, 0.3) is 0 Å². The lowest BCUT2D eigenvalue weighted by atomic mass is 9.43. The number of Topliss-reactive ketones (excluding diaryl/α,β-unsaturated/α-hetero) is 1. The van der Waals surface area contributed by atoms with Crippen molar-refractivity contribution in [3.8, 4) is 0 Å². The van der Waals surface area contributed by atoms with E-state index in [0.29, 0.717) is 6.61 Å². The number of methoxy groups -OCH3 is 1. The number of hydrogen-bond acceptors (Lipinski definition) is 5. The molecule has 1 N–H and O–H groups in total. The molecule has 2 spiro atoms. The maximum atomic E-state index is 13.2. The Morgan fingerprint density at radius 2 is 1.88 bits per heavy atom. The maximum absolute atomic E-state index is 13.2. The van der Waals surface area contributed by atoms with Crippen LogP contribution in [0.4, 0.5) is 0 Å². The molecule has 148 valence electrons. The van der Waals surface area contributed by atoms with Crippen molar-refractivity contribution in [3.63, 3.8) is 0 Å². The molecule has 0 aromatic rings. The molecule has 0 aromatic carbocycles. The van der Waals surface area contributed by atoms with Gasteiger partial charge in [-0.05, 0) is 31.1 Å². The van der Waals surface area contributed by atoms with Crippen LogP contribution < -0.4 is 0 Å². The lowest BCUT2D eigenvalue weighted by molar-refractivity contribution is -0.255. The summed E-state index contributed by atoms with van der Waals surface area (Å²) in [6, 6.07) is 0. The van der Waals surface area contributed by atoms with Crippen LogP contribution in [0.1, 0.15) is 66.2 Å². The fraction of sp³-hybridized carbons (Fsp3) is 0.952. The first-order chi connectivity index (χ1) is 12.1. The van der Waals surface area contributed by atoms with Crippen molar-refractivity contribution in [1.82, 2.24) is 0 Å². The van der Waals surface area contributed by atoms with Crippen LogP contribution in [0.3, 0.4) is 0 Å². The molecule has 2 saturated carbocycles. The second-order valence-corrected chi connectivity index (χ2v) is 10.2. The Kier molecular flexibility index (Phi) is 4.17. The molecule has 2 aliphatic carbocycles. The summed E-state index contributed by atoms with van der Waals surface area (Å²) < 4.78 is 18.1. The van der Waals surface area contributed by atoms with E-state index in [1.165, 1.54) is 0 Å². The zero-order valence-electron chi connectivity index (χ0n) is 16.8. The number of fused-ring (bicyclic) bond motifs is 2. The van der Waals surface area contributed by atoms with Crippen molar-refractivity contribution in [2.75, 3.05) is 13.7 Å². The van der Waals surface area contributed by atoms with Gasteiger partial charge in [0.05, 0.1) is 17.8 Å². The number of aliphatic hydroxyl groups excluding tert-OH is 1. The van der Waals surface area contributed by atoms with Gasteiger partial charge in [0.2, 0.25) is 0 Å². The third kappa shape index (κ3) is 2.27. The van der Waals surface area contributed by atoms with E-state index in [-0.39, 0.29) is 40.3 Å². The highest BCUT2D eigenvalue weighted by atomic mass is 16.7. The summed E-state index contributed by atoms with van der Waals surface area (Å²) in [7, 11) is 1.67.